The van der Waals surface area contributed by atoms with E-state index in [0.717, 1.165) is 0 Å². The summed E-state index contributed by atoms with van der Waals surface area (Å²) in [5, 5.41) is 8.98. The van der Waals surface area contributed by atoms with Crippen LogP contribution in [-0.2, 0) is 14.6 Å². The van der Waals surface area contributed by atoms with E-state index in [1.807, 2.05) is 0 Å². The largest absolute Gasteiger partial charge is 0.395 e. The average Bonchev–Trinajstić information content (AvgIpc) is 2.41. The molecule has 6 nitrogen and oxygen atoms in total. The zero-order valence-electron chi connectivity index (χ0n) is 11.0. The molecule has 1 N–H and O–H groups in total. The molecule has 1 aromatic rings. The summed E-state index contributed by atoms with van der Waals surface area (Å²) in [6.45, 7) is 1.46. The van der Waals surface area contributed by atoms with E-state index in [2.05, 4.69) is 0 Å². The van der Waals surface area contributed by atoms with Gasteiger partial charge in [-0.2, -0.15) is 0 Å². The third-order valence-corrected chi connectivity index (χ3v) is 4.79. The van der Waals surface area contributed by atoms with Crippen molar-refractivity contribution in [3.05, 3.63) is 23.8 Å². The minimum absolute atomic E-state index is 0.0233. The molecule has 1 aliphatic heterocycles. The van der Waals surface area contributed by atoms with Gasteiger partial charge in [0.1, 0.15) is 5.75 Å². The van der Waals surface area contributed by atoms with Crippen LogP contribution in [0.2, 0.25) is 0 Å². The van der Waals surface area contributed by atoms with Gasteiger partial charge < -0.3 is 10.0 Å². The second-order valence-electron chi connectivity index (χ2n) is 4.49. The monoisotopic (exact) mass is 297 g/mol. The van der Waals surface area contributed by atoms with Gasteiger partial charge in [0.15, 0.2) is 15.6 Å². The summed E-state index contributed by atoms with van der Waals surface area (Å²) in [7, 11) is -3.73. The molecule has 0 saturated heterocycles. The summed E-state index contributed by atoms with van der Waals surface area (Å²) in [6.07, 6.45) is 0.276. The van der Waals surface area contributed by atoms with E-state index in [4.69, 9.17) is 5.11 Å². The molecular weight excluding hydrogens is 282 g/mol. The Kier molecular flexibility index (Phi) is 3.92. The molecule has 0 saturated carbocycles. The van der Waals surface area contributed by atoms with Crippen molar-refractivity contribution in [1.29, 1.82) is 0 Å². The lowest BCUT2D eigenvalue weighted by Gasteiger charge is -2.28. The predicted molar refractivity (Wildman–Crippen MR) is 72.6 cm³/mol. The molecule has 0 fully saturated rings. The number of sulfone groups is 1. The molecule has 0 spiro atoms. The number of nitrogens with zero attached hydrogens (tertiary/aromatic N) is 1. The van der Waals surface area contributed by atoms with Crippen molar-refractivity contribution in [3.63, 3.8) is 0 Å². The first-order chi connectivity index (χ1) is 9.40. The van der Waals surface area contributed by atoms with Crippen LogP contribution in [0.5, 0.6) is 0 Å². The SMILES string of the molecule is CCC(=O)c1ccc2c(c1)S(=O)(=O)CC(=O)N2CCO. The van der Waals surface area contributed by atoms with Crippen LogP contribution in [-0.4, -0.2) is 44.1 Å². The molecule has 1 amide bonds. The van der Waals surface area contributed by atoms with Crippen molar-refractivity contribution in [2.45, 2.75) is 18.2 Å². The second-order valence-corrected chi connectivity index (χ2v) is 6.45. The van der Waals surface area contributed by atoms with E-state index >= 15 is 0 Å². The number of carbonyl (C=O) groups excluding carboxylic acids is 2. The lowest BCUT2D eigenvalue weighted by Crippen LogP contribution is -2.42. The van der Waals surface area contributed by atoms with Gasteiger partial charge in [0.05, 0.1) is 17.2 Å². The molecule has 20 heavy (non-hydrogen) atoms. The molecule has 108 valence electrons. The Balaban J connectivity index is 2.60. The first-order valence-electron chi connectivity index (χ1n) is 6.22. The fraction of sp³-hybridized carbons (Fsp3) is 0.385. The minimum atomic E-state index is -3.73. The summed E-state index contributed by atoms with van der Waals surface area (Å²) < 4.78 is 24.2. The van der Waals surface area contributed by atoms with Gasteiger partial charge in [-0.15, -0.1) is 0 Å². The van der Waals surface area contributed by atoms with Crippen molar-refractivity contribution in [2.24, 2.45) is 0 Å². The first-order valence-corrected chi connectivity index (χ1v) is 7.87. The normalized spacial score (nSPS) is 16.9. The van der Waals surface area contributed by atoms with Gasteiger partial charge >= 0.3 is 0 Å². The number of fused-ring (bicyclic) bond motifs is 1. The predicted octanol–water partition coefficient (Wildman–Crippen LogP) is 0.392. The maximum Gasteiger partial charge on any atom is 0.242 e. The van der Waals surface area contributed by atoms with Crippen molar-refractivity contribution in [3.8, 4) is 0 Å². The van der Waals surface area contributed by atoms with E-state index in [-0.39, 0.29) is 35.9 Å². The molecule has 0 aliphatic carbocycles. The third kappa shape index (κ3) is 2.46. The maximum atomic E-state index is 12.1. The highest BCUT2D eigenvalue weighted by Gasteiger charge is 2.34. The van der Waals surface area contributed by atoms with Gasteiger partial charge in [0.2, 0.25) is 5.91 Å². The number of Topliss-reactive ketones (excluding diaryl/α,β-unsaturated/α-hetero) is 1. The van der Waals surface area contributed by atoms with Crippen molar-refractivity contribution in [1.82, 2.24) is 0 Å². The summed E-state index contributed by atoms with van der Waals surface area (Å²) in [5.41, 5.74) is 0.538. The number of hydrogen-bond acceptors (Lipinski definition) is 5. The summed E-state index contributed by atoms with van der Waals surface area (Å²) in [6, 6.07) is 4.26. The van der Waals surface area contributed by atoms with Crippen LogP contribution in [0.4, 0.5) is 5.69 Å². The number of amides is 1. The molecular formula is C13H15NO5S. The first kappa shape index (κ1) is 14.7. The fourth-order valence-electron chi connectivity index (χ4n) is 2.16. The smallest absolute Gasteiger partial charge is 0.242 e. The Labute approximate surface area is 116 Å². The van der Waals surface area contributed by atoms with Crippen molar-refractivity contribution < 1.29 is 23.1 Å². The third-order valence-electron chi connectivity index (χ3n) is 3.17. The number of anilines is 1. The number of carbonyl (C=O) groups is 2. The Morgan fingerprint density at radius 1 is 1.40 bits per heavy atom. The van der Waals surface area contributed by atoms with Crippen LogP contribution >= 0.6 is 0 Å². The Hall–Kier alpha value is -1.73. The number of aliphatic hydroxyl groups excluding tert-OH is 1. The summed E-state index contributed by atoms with van der Waals surface area (Å²) >= 11 is 0. The number of ketones is 1. The van der Waals surface area contributed by atoms with E-state index < -0.39 is 21.5 Å². The molecule has 0 unspecified atom stereocenters. The average molecular weight is 297 g/mol. The van der Waals surface area contributed by atoms with Crippen molar-refractivity contribution in [2.75, 3.05) is 23.8 Å². The topological polar surface area (TPSA) is 91.8 Å². The molecule has 0 aromatic heterocycles. The molecule has 2 rings (SSSR count). The van der Waals surface area contributed by atoms with Crippen LogP contribution in [0, 0.1) is 0 Å². The summed E-state index contributed by atoms with van der Waals surface area (Å²) in [5.74, 6) is -1.36. The van der Waals surface area contributed by atoms with Crippen LogP contribution in [0.3, 0.4) is 0 Å². The van der Waals surface area contributed by atoms with Crippen LogP contribution < -0.4 is 4.90 Å². The number of rotatable bonds is 4. The van der Waals surface area contributed by atoms with Crippen molar-refractivity contribution >= 4 is 27.2 Å². The van der Waals surface area contributed by atoms with Gasteiger partial charge in [-0.3, -0.25) is 9.59 Å². The van der Waals surface area contributed by atoms with E-state index in [1.54, 1.807) is 6.92 Å². The zero-order valence-corrected chi connectivity index (χ0v) is 11.8. The lowest BCUT2D eigenvalue weighted by atomic mass is 10.1. The molecule has 0 radical (unpaired) electrons. The minimum Gasteiger partial charge on any atom is -0.395 e. The lowest BCUT2D eigenvalue weighted by molar-refractivity contribution is -0.116. The van der Waals surface area contributed by atoms with E-state index in [0.29, 0.717) is 5.56 Å². The number of β-amino-alcohol motifs (C(OH)–C–C–N with tert-alkyl or cyclic N) is 1. The van der Waals surface area contributed by atoms with Gasteiger partial charge in [-0.05, 0) is 18.2 Å². The van der Waals surface area contributed by atoms with Gasteiger partial charge in [0, 0.05) is 18.5 Å². The fourth-order valence-corrected chi connectivity index (χ4v) is 3.60. The number of hydrogen-bond donors (Lipinski definition) is 1. The van der Waals surface area contributed by atoms with Crippen LogP contribution in [0.25, 0.3) is 0 Å². The maximum absolute atomic E-state index is 12.1. The Bertz CT molecular complexity index is 665. The standard InChI is InChI=1S/C13H15NO5S/c1-2-11(16)9-3-4-10-12(7-9)20(18,19)8-13(17)14(10)5-6-15/h3-4,7,15H,2,5-6,8H2,1H3. The Morgan fingerprint density at radius 2 is 2.10 bits per heavy atom. The Morgan fingerprint density at radius 3 is 2.70 bits per heavy atom. The molecule has 0 bridgehead atoms. The van der Waals surface area contributed by atoms with Crippen LogP contribution in [0.15, 0.2) is 23.1 Å². The molecule has 1 heterocycles. The highest BCUT2D eigenvalue weighted by molar-refractivity contribution is 7.92. The molecule has 0 atom stereocenters. The van der Waals surface area contributed by atoms with Crippen LogP contribution in [0.1, 0.15) is 23.7 Å². The number of aliphatic hydroxyl groups is 1. The second kappa shape index (κ2) is 5.34. The highest BCUT2D eigenvalue weighted by atomic mass is 32.2. The molecule has 1 aromatic carbocycles. The summed E-state index contributed by atoms with van der Waals surface area (Å²) in [4.78, 5) is 24.7. The van der Waals surface area contributed by atoms with Gasteiger partial charge in [0.25, 0.3) is 0 Å². The van der Waals surface area contributed by atoms with E-state index in [9.17, 15) is 18.0 Å². The highest BCUT2D eigenvalue weighted by Crippen LogP contribution is 2.32. The van der Waals surface area contributed by atoms with E-state index in [1.165, 1.54) is 23.1 Å². The van der Waals surface area contributed by atoms with Gasteiger partial charge in [-0.1, -0.05) is 6.92 Å². The zero-order chi connectivity index (χ0) is 14.9. The molecule has 1 aliphatic rings. The molecule has 7 heteroatoms. The number of benzene rings is 1. The van der Waals surface area contributed by atoms with Gasteiger partial charge in [-0.25, -0.2) is 8.42 Å². The quantitative estimate of drug-likeness (QED) is 0.812.